The first kappa shape index (κ1) is 92.8. The zero-order chi connectivity index (χ0) is 97.8. The van der Waals surface area contributed by atoms with E-state index in [1.807, 2.05) is 110 Å². The van der Waals surface area contributed by atoms with Crippen molar-refractivity contribution in [2.24, 2.45) is 0 Å². The summed E-state index contributed by atoms with van der Waals surface area (Å²) in [5.41, 5.74) is 37.2. The molecule has 13 nitrogen and oxygen atoms in total. The molecular weight excluding hydrogens is 1750 g/mol. The van der Waals surface area contributed by atoms with E-state index in [4.69, 9.17) is 5.26 Å². The second kappa shape index (κ2) is 43.8. The van der Waals surface area contributed by atoms with Gasteiger partial charge in [0.2, 0.25) is 0 Å². The van der Waals surface area contributed by atoms with Crippen LogP contribution >= 0.6 is 0 Å². The molecule has 0 aliphatic carbocycles. The number of benzene rings is 21. The number of nitriles is 1. The third-order valence-electron chi connectivity index (χ3n) is 25.8. The fourth-order valence-electron chi connectivity index (χ4n) is 17.8. The number of hydrogen-bond acceptors (Lipinski definition) is 11. The SMILES string of the molecule is CN(c1ccc(-c2ccc(N(c3ccc(-c4ccccc4)cc3)c3ccc(-c4ccccc4)cc3)cc2)cc1)c1ccc([N+](=O)[O-])cc1.CN(c1ccc(-c2ccc(N(c3ccc(-c4ccccc4)cc3)c3ccc(-c4ccccc4)cc3)cc2)cc1)c1cccc([N+](=O)[O-])c1.CN(c1ccc(C#N)cc1)c1ccc(-c2ccc(N(c3ccc(-c4ccccc4)cc3)c3ccc(-c4ccccc4)cc3)cc2)cc1. The van der Waals surface area contributed by atoms with E-state index in [0.29, 0.717) is 5.56 Å². The van der Waals surface area contributed by atoms with E-state index in [-0.39, 0.29) is 21.2 Å². The van der Waals surface area contributed by atoms with E-state index < -0.39 is 0 Å². The molecule has 0 aliphatic rings. The van der Waals surface area contributed by atoms with Crippen LogP contribution in [0.5, 0.6) is 0 Å². The summed E-state index contributed by atoms with van der Waals surface area (Å²) in [6.45, 7) is 0. The van der Waals surface area contributed by atoms with E-state index in [1.54, 1.807) is 24.3 Å². The molecule has 0 saturated heterocycles. The normalized spacial score (nSPS) is 10.7. The van der Waals surface area contributed by atoms with E-state index in [0.717, 1.165) is 119 Å². The molecular formula is C130H99N9O4. The molecule has 21 aromatic rings. The fraction of sp³-hybridized carbons (Fsp3) is 0.0231. The molecule has 0 radical (unpaired) electrons. The van der Waals surface area contributed by atoms with Crippen LogP contribution in [0.2, 0.25) is 0 Å². The zero-order valence-corrected chi connectivity index (χ0v) is 79.1. The summed E-state index contributed by atoms with van der Waals surface area (Å²) in [5, 5.41) is 31.4. The minimum atomic E-state index is -0.383. The Morgan fingerprint density at radius 1 is 0.168 bits per heavy atom. The predicted molar refractivity (Wildman–Crippen MR) is 594 cm³/mol. The fourth-order valence-corrected chi connectivity index (χ4v) is 17.8. The first-order valence-electron chi connectivity index (χ1n) is 47.4. The van der Waals surface area contributed by atoms with Crippen LogP contribution in [0.15, 0.2) is 546 Å². The van der Waals surface area contributed by atoms with E-state index in [2.05, 4.69) is 450 Å². The Balaban J connectivity index is 0.000000136. The Bertz CT molecular complexity index is 7590. The monoisotopic (exact) mass is 1850 g/mol. The maximum Gasteiger partial charge on any atom is 0.271 e. The van der Waals surface area contributed by atoms with Gasteiger partial charge in [-0.25, -0.2) is 0 Å². The Kier molecular flexibility index (Phi) is 28.4. The minimum absolute atomic E-state index is 0.0735. The van der Waals surface area contributed by atoms with E-state index in [1.165, 1.54) is 85.0 Å². The smallest absolute Gasteiger partial charge is 0.271 e. The molecule has 21 rings (SSSR count). The van der Waals surface area contributed by atoms with Crippen molar-refractivity contribution in [1.82, 2.24) is 0 Å². The number of nitro benzene ring substituents is 2. The molecule has 0 unspecified atom stereocenters. The van der Waals surface area contributed by atoms with Crippen LogP contribution in [-0.2, 0) is 0 Å². The average Bonchev–Trinajstić information content (AvgIpc) is 0.796. The standard InChI is InChI=1S/C44H33N3.2C43H33N3O2/c1-46(40-22-12-33(32-45)13-23-40)41-24-14-38(15-25-41)39-20-30-44(31-21-39)47(42-26-16-36(17-27-42)34-8-4-2-5-9-34)43-28-18-37(19-29-43)35-10-6-3-7-11-35;1-44(42-13-8-14-43(31-42)46(47)48)38-23-15-36(16-24-38)37-21-29-41(30-22-37)45(39-25-17-34(18-26-39)32-9-4-2-5-10-32)40-27-19-35(20-28-40)33-11-6-3-7-12-33;1-44(39-28-30-43(31-29-39)46(47)48)38-20-12-36(13-21-38)37-18-26-42(27-19-37)45(40-22-14-34(15-23-40)32-8-4-2-5-9-32)41-24-16-35(17-25-41)33-10-6-3-7-11-33/h2-31H,1H3;2*2-31H,1H3. The van der Waals surface area contributed by atoms with Gasteiger partial charge in [0.05, 0.1) is 21.5 Å². The molecule has 0 aromatic heterocycles. The van der Waals surface area contributed by atoms with Gasteiger partial charge in [-0.2, -0.15) is 5.26 Å². The third kappa shape index (κ3) is 22.1. The number of rotatable bonds is 26. The zero-order valence-electron chi connectivity index (χ0n) is 79.1. The third-order valence-corrected chi connectivity index (χ3v) is 25.8. The first-order valence-corrected chi connectivity index (χ1v) is 47.4. The van der Waals surface area contributed by atoms with Gasteiger partial charge in [-0.05, 0) is 288 Å². The van der Waals surface area contributed by atoms with Gasteiger partial charge in [-0.1, -0.05) is 334 Å². The Hall–Kier alpha value is -19.3. The Morgan fingerprint density at radius 2 is 0.322 bits per heavy atom. The van der Waals surface area contributed by atoms with Crippen LogP contribution in [0.4, 0.5) is 96.7 Å². The van der Waals surface area contributed by atoms with Crippen molar-refractivity contribution < 1.29 is 9.85 Å². The molecule has 0 saturated carbocycles. The van der Waals surface area contributed by atoms with Gasteiger partial charge in [0, 0.05) is 131 Å². The highest BCUT2D eigenvalue weighted by molar-refractivity contribution is 5.87. The van der Waals surface area contributed by atoms with Crippen LogP contribution in [0.3, 0.4) is 0 Å². The summed E-state index contributed by atoms with van der Waals surface area (Å²) in [5.74, 6) is 0. The molecule has 21 aromatic carbocycles. The lowest BCUT2D eigenvalue weighted by atomic mass is 10.0. The highest BCUT2D eigenvalue weighted by Gasteiger charge is 2.21. The number of hydrogen-bond donors (Lipinski definition) is 0. The molecule has 0 aliphatic heterocycles. The molecule has 688 valence electrons. The summed E-state index contributed by atoms with van der Waals surface area (Å²) in [6.07, 6.45) is 0. The number of nitro groups is 2. The highest BCUT2D eigenvalue weighted by atomic mass is 16.6. The van der Waals surface area contributed by atoms with Crippen molar-refractivity contribution in [2.45, 2.75) is 0 Å². The molecule has 13 heteroatoms. The summed E-state index contributed by atoms with van der Waals surface area (Å²) < 4.78 is 0. The average molecular weight is 1850 g/mol. The van der Waals surface area contributed by atoms with Crippen LogP contribution in [0.25, 0.3) is 100 Å². The Morgan fingerprint density at radius 3 is 0.497 bits per heavy atom. The Labute approximate surface area is 834 Å². The number of non-ortho nitro benzene ring substituents is 2. The number of anilines is 15. The van der Waals surface area contributed by atoms with E-state index >= 15 is 0 Å². The molecule has 0 amide bonds. The quantitative estimate of drug-likeness (QED) is 0.0379. The summed E-state index contributed by atoms with van der Waals surface area (Å²) >= 11 is 0. The summed E-state index contributed by atoms with van der Waals surface area (Å²) in [7, 11) is 5.91. The summed E-state index contributed by atoms with van der Waals surface area (Å²) in [6, 6.07) is 189. The molecule has 0 fully saturated rings. The molecule has 143 heavy (non-hydrogen) atoms. The van der Waals surface area contributed by atoms with Gasteiger partial charge in [0.1, 0.15) is 0 Å². The largest absolute Gasteiger partial charge is 0.345 e. The maximum absolute atomic E-state index is 11.3. The van der Waals surface area contributed by atoms with Crippen molar-refractivity contribution in [2.75, 3.05) is 50.5 Å². The minimum Gasteiger partial charge on any atom is -0.345 e. The van der Waals surface area contributed by atoms with E-state index in [9.17, 15) is 20.2 Å². The van der Waals surface area contributed by atoms with Gasteiger partial charge in [0.25, 0.3) is 11.4 Å². The van der Waals surface area contributed by atoms with Gasteiger partial charge in [0.15, 0.2) is 0 Å². The molecule has 0 atom stereocenters. The lowest BCUT2D eigenvalue weighted by Gasteiger charge is -2.26. The van der Waals surface area contributed by atoms with Crippen LogP contribution in [-0.4, -0.2) is 31.0 Å². The van der Waals surface area contributed by atoms with Crippen LogP contribution < -0.4 is 29.4 Å². The van der Waals surface area contributed by atoms with Crippen molar-refractivity contribution in [1.29, 1.82) is 5.26 Å². The number of nitrogens with zero attached hydrogens (tertiary/aromatic N) is 9. The lowest BCUT2D eigenvalue weighted by molar-refractivity contribution is -0.385. The van der Waals surface area contributed by atoms with Crippen LogP contribution in [0, 0.1) is 31.6 Å². The van der Waals surface area contributed by atoms with Crippen molar-refractivity contribution >= 4 is 96.7 Å². The van der Waals surface area contributed by atoms with Crippen molar-refractivity contribution in [3.8, 4) is 106 Å². The van der Waals surface area contributed by atoms with Crippen LogP contribution in [0.1, 0.15) is 5.56 Å². The van der Waals surface area contributed by atoms with Gasteiger partial charge >= 0.3 is 0 Å². The second-order valence-corrected chi connectivity index (χ2v) is 34.7. The van der Waals surface area contributed by atoms with Crippen molar-refractivity contribution in [3.05, 3.63) is 572 Å². The second-order valence-electron chi connectivity index (χ2n) is 34.7. The van der Waals surface area contributed by atoms with Crippen molar-refractivity contribution in [3.63, 3.8) is 0 Å². The van der Waals surface area contributed by atoms with Gasteiger partial charge in [-0.3, -0.25) is 20.2 Å². The first-order chi connectivity index (χ1) is 70.2. The molecule has 0 bridgehead atoms. The maximum atomic E-state index is 11.3. The van der Waals surface area contributed by atoms with Gasteiger partial charge < -0.3 is 29.4 Å². The van der Waals surface area contributed by atoms with Gasteiger partial charge in [-0.15, -0.1) is 0 Å². The topological polar surface area (TPSA) is 130 Å². The summed E-state index contributed by atoms with van der Waals surface area (Å²) in [4.78, 5) is 34.5. The molecule has 0 N–H and O–H groups in total. The molecule has 0 heterocycles. The lowest BCUT2D eigenvalue weighted by Crippen LogP contribution is -2.10. The molecule has 0 spiro atoms. The highest BCUT2D eigenvalue weighted by Crippen LogP contribution is 2.44. The predicted octanol–water partition coefficient (Wildman–Crippen LogP) is 35.5.